The van der Waals surface area contributed by atoms with Crippen LogP contribution in [0.15, 0.2) is 84.7 Å². The van der Waals surface area contributed by atoms with Crippen molar-refractivity contribution >= 4 is 78.6 Å². The molecule has 0 amide bonds. The van der Waals surface area contributed by atoms with Crippen LogP contribution in [0.25, 0.3) is 49.6 Å². The maximum atomic E-state index is 13.6. The molecule has 2 aliphatic rings. The Labute approximate surface area is 401 Å². The molecule has 20 nitrogen and oxygen atoms in total. The lowest BCUT2D eigenvalue weighted by Crippen LogP contribution is -2.34. The highest BCUT2D eigenvalue weighted by Gasteiger charge is 2.38. The van der Waals surface area contributed by atoms with E-state index in [1.54, 1.807) is 0 Å². The van der Waals surface area contributed by atoms with Crippen LogP contribution in [0.5, 0.6) is 57.5 Å². The molecule has 1 unspecified atom stereocenters. The molecular weight excluding hydrogens is 945 g/mol. The van der Waals surface area contributed by atoms with Gasteiger partial charge in [-0.3, -0.25) is 33.6 Å². The van der Waals surface area contributed by atoms with Gasteiger partial charge in [-0.15, -0.1) is 0 Å². The van der Waals surface area contributed by atoms with E-state index in [9.17, 15) is 79.5 Å². The first-order valence-electron chi connectivity index (χ1n) is 21.4. The van der Waals surface area contributed by atoms with Crippen LogP contribution < -0.4 is 20.3 Å². The van der Waals surface area contributed by atoms with E-state index in [4.69, 9.17) is 18.3 Å². The first-order valence-corrected chi connectivity index (χ1v) is 21.4. The Bertz CT molecular complexity index is 4000. The number of phenols is 8. The second kappa shape index (κ2) is 17.0. The fourth-order valence-corrected chi connectivity index (χ4v) is 8.82. The van der Waals surface area contributed by atoms with Crippen LogP contribution in [0.3, 0.4) is 0 Å². The van der Waals surface area contributed by atoms with Crippen LogP contribution in [-0.4, -0.2) is 88.1 Å². The van der Waals surface area contributed by atoms with E-state index < -0.39 is 97.4 Å². The van der Waals surface area contributed by atoms with Gasteiger partial charge in [-0.05, 0) is 75.2 Å². The zero-order valence-corrected chi connectivity index (χ0v) is 37.8. The Balaban J connectivity index is 0.000000178. The van der Waals surface area contributed by atoms with Crippen LogP contribution in [0.1, 0.15) is 82.3 Å². The first-order chi connectivity index (χ1) is 34.0. The molecule has 10 rings (SSSR count). The van der Waals surface area contributed by atoms with Gasteiger partial charge in [0.1, 0.15) is 58.7 Å². The van der Waals surface area contributed by atoms with Gasteiger partial charge in [-0.2, -0.15) is 0 Å². The number of hydrogen-bond donors (Lipinski definition) is 9. The lowest BCUT2D eigenvalue weighted by atomic mass is 9.84. The number of hydrogen-bond acceptors (Lipinski definition) is 20. The molecule has 72 heavy (non-hydrogen) atoms. The van der Waals surface area contributed by atoms with Crippen molar-refractivity contribution in [2.45, 2.75) is 27.7 Å². The number of ether oxygens (including phenoxy) is 2. The molecule has 0 aliphatic carbocycles. The summed E-state index contributed by atoms with van der Waals surface area (Å²) in [5.41, 5.74) is -1.82. The molecule has 6 aromatic carbocycles. The Morgan fingerprint density at radius 3 is 1.42 bits per heavy atom. The Hall–Kier alpha value is -9.85. The van der Waals surface area contributed by atoms with Gasteiger partial charge in [0.15, 0.2) is 74.9 Å². The van der Waals surface area contributed by atoms with Crippen molar-refractivity contribution in [2.24, 2.45) is 5.92 Å². The van der Waals surface area contributed by atoms with Gasteiger partial charge in [0.05, 0.1) is 49.4 Å². The number of phenolic OH excluding ortho intramolecular Hbond substituents is 8. The monoisotopic (exact) mass is 980 g/mol. The molecule has 8 aromatic rings. The van der Waals surface area contributed by atoms with E-state index in [1.165, 1.54) is 39.8 Å². The molecule has 20 heteroatoms. The number of carbonyl (C=O) groups excluding carboxylic acids is 5. The number of rotatable bonds is 6. The fourth-order valence-electron chi connectivity index (χ4n) is 8.82. The zero-order valence-electron chi connectivity index (χ0n) is 37.8. The lowest BCUT2D eigenvalue weighted by molar-refractivity contribution is 0.0720. The van der Waals surface area contributed by atoms with Crippen LogP contribution in [0, 0.1) is 19.8 Å². The van der Waals surface area contributed by atoms with Crippen LogP contribution in [0.4, 0.5) is 0 Å². The maximum absolute atomic E-state index is 13.6. The average Bonchev–Trinajstić information content (AvgIpc) is 3.31. The Morgan fingerprint density at radius 1 is 0.500 bits per heavy atom. The molecule has 1 atom stereocenters. The molecule has 0 spiro atoms. The standard InChI is InChI=1S/2C26H18O10/c2*1-9-11(23(32)15-8-35-20-6-18(30)16(28)4-12(20)25(15)34)3-14-24(33)13-5-17(29)19(31)7-21(13)36-26(14)22(9)10(2)27/h3-7,28-31,34H,8H2,1-2H3;3-7,15,28-31H,8H2,1-2H3. The van der Waals surface area contributed by atoms with Crippen molar-refractivity contribution in [3.8, 4) is 57.5 Å². The van der Waals surface area contributed by atoms with E-state index in [-0.39, 0.29) is 119 Å². The summed E-state index contributed by atoms with van der Waals surface area (Å²) < 4.78 is 22.5. The molecular formula is C52H36O20. The van der Waals surface area contributed by atoms with Crippen molar-refractivity contribution < 1.29 is 88.2 Å². The molecule has 2 aliphatic heterocycles. The smallest absolute Gasteiger partial charge is 0.200 e. The SMILES string of the molecule is CC(=O)c1c(C)c(C(=O)C2=C(O)c3cc(O)c(O)cc3OC2)cc2c(=O)c3cc(O)c(O)cc3oc12.CC(=O)c1c(C)c(C(=O)C2COc3cc(O)c(O)cc3C2=O)cc2c(=O)c3cc(O)c(O)cc3oc12. The molecule has 0 radical (unpaired) electrons. The van der Waals surface area contributed by atoms with Crippen molar-refractivity contribution in [2.75, 3.05) is 13.2 Å². The average molecular weight is 981 g/mol. The minimum atomic E-state index is -1.34. The second-order valence-corrected chi connectivity index (χ2v) is 17.0. The quantitative estimate of drug-likeness (QED) is 0.0345. The fraction of sp³-hybridized carbons (Fsp3) is 0.135. The molecule has 0 saturated carbocycles. The third kappa shape index (κ3) is 7.44. The van der Waals surface area contributed by atoms with E-state index >= 15 is 0 Å². The van der Waals surface area contributed by atoms with Crippen LogP contribution in [0.2, 0.25) is 0 Å². The topological polar surface area (TPSA) is 346 Å². The summed E-state index contributed by atoms with van der Waals surface area (Å²) in [6.07, 6.45) is 0. The van der Waals surface area contributed by atoms with Gasteiger partial charge in [-0.1, -0.05) is 0 Å². The van der Waals surface area contributed by atoms with Crippen molar-refractivity contribution in [3.63, 3.8) is 0 Å². The molecule has 364 valence electrons. The van der Waals surface area contributed by atoms with E-state index in [1.807, 2.05) is 0 Å². The molecule has 2 aromatic heterocycles. The predicted molar refractivity (Wildman–Crippen MR) is 253 cm³/mol. The normalized spacial score (nSPS) is 14.1. The largest absolute Gasteiger partial charge is 0.507 e. The van der Waals surface area contributed by atoms with Gasteiger partial charge >= 0.3 is 0 Å². The number of aliphatic hydroxyl groups is 1. The number of carbonyl (C=O) groups is 5. The van der Waals surface area contributed by atoms with Crippen molar-refractivity contribution in [3.05, 3.63) is 131 Å². The number of benzene rings is 6. The molecule has 0 fully saturated rings. The van der Waals surface area contributed by atoms with Crippen LogP contribution in [-0.2, 0) is 0 Å². The number of aliphatic hydroxyl groups excluding tert-OH is 1. The van der Waals surface area contributed by atoms with Crippen molar-refractivity contribution in [1.82, 2.24) is 0 Å². The second-order valence-electron chi connectivity index (χ2n) is 17.0. The third-order valence-corrected chi connectivity index (χ3v) is 12.5. The number of ketones is 5. The maximum Gasteiger partial charge on any atom is 0.200 e. The van der Waals surface area contributed by atoms with Gasteiger partial charge < -0.3 is 64.3 Å². The van der Waals surface area contributed by atoms with E-state index in [0.717, 1.165) is 48.5 Å². The summed E-state index contributed by atoms with van der Waals surface area (Å²) in [7, 11) is 0. The number of aromatic hydroxyl groups is 8. The molecule has 0 saturated heterocycles. The highest BCUT2D eigenvalue weighted by atomic mass is 16.5. The summed E-state index contributed by atoms with van der Waals surface area (Å²) in [5, 5.41) is 88.6. The summed E-state index contributed by atoms with van der Waals surface area (Å²) in [6.45, 7) is 4.69. The zero-order chi connectivity index (χ0) is 52.1. The predicted octanol–water partition coefficient (Wildman–Crippen LogP) is 7.18. The summed E-state index contributed by atoms with van der Waals surface area (Å²) in [6, 6.07) is 10.8. The number of Topliss-reactive ketones (excluding diaryl/α,β-unsaturated/α-hetero) is 5. The van der Waals surface area contributed by atoms with Crippen molar-refractivity contribution in [1.29, 1.82) is 0 Å². The minimum Gasteiger partial charge on any atom is -0.507 e. The lowest BCUT2D eigenvalue weighted by Gasteiger charge is -2.24. The van der Waals surface area contributed by atoms with Gasteiger partial charge in [0, 0.05) is 35.4 Å². The van der Waals surface area contributed by atoms with E-state index in [2.05, 4.69) is 0 Å². The van der Waals surface area contributed by atoms with E-state index in [0.29, 0.717) is 0 Å². The minimum absolute atomic E-state index is 0.00850. The molecule has 4 heterocycles. The van der Waals surface area contributed by atoms with Crippen LogP contribution >= 0.6 is 0 Å². The van der Waals surface area contributed by atoms with Gasteiger partial charge in [-0.25, -0.2) is 0 Å². The molecule has 0 bridgehead atoms. The molecule has 9 N–H and O–H groups in total. The highest BCUT2D eigenvalue weighted by Crippen LogP contribution is 2.42. The Kier molecular flexibility index (Phi) is 11.1. The summed E-state index contributed by atoms with van der Waals surface area (Å²) in [4.78, 5) is 91.9. The van der Waals surface area contributed by atoms with Gasteiger partial charge in [0.25, 0.3) is 0 Å². The highest BCUT2D eigenvalue weighted by molar-refractivity contribution is 6.21. The van der Waals surface area contributed by atoms with Gasteiger partial charge in [0.2, 0.25) is 10.9 Å². The first kappa shape index (κ1) is 47.2. The number of fused-ring (bicyclic) bond motifs is 6. The third-order valence-electron chi connectivity index (χ3n) is 12.5. The Morgan fingerprint density at radius 2 is 0.917 bits per heavy atom. The summed E-state index contributed by atoms with van der Waals surface area (Å²) in [5.74, 6) is -9.07. The summed E-state index contributed by atoms with van der Waals surface area (Å²) >= 11 is 0.